The van der Waals surface area contributed by atoms with Crippen molar-refractivity contribution < 1.29 is 9.47 Å². The Morgan fingerprint density at radius 1 is 1.15 bits per heavy atom. The molecule has 0 saturated carbocycles. The summed E-state index contributed by atoms with van der Waals surface area (Å²) in [5.74, 6) is 1.80. The van der Waals surface area contributed by atoms with Gasteiger partial charge in [-0.05, 0) is 45.0 Å². The van der Waals surface area contributed by atoms with Crippen LogP contribution in [0.5, 0.6) is 11.5 Å². The zero-order valence-corrected chi connectivity index (χ0v) is 12.8. The Hall–Kier alpha value is -1.26. The van der Waals surface area contributed by atoms with E-state index in [1.54, 1.807) is 0 Å². The van der Waals surface area contributed by atoms with Crippen molar-refractivity contribution in [1.82, 2.24) is 10.2 Å². The van der Waals surface area contributed by atoms with Crippen molar-refractivity contribution in [1.29, 1.82) is 0 Å². The van der Waals surface area contributed by atoms with Crippen LogP contribution in [0.2, 0.25) is 0 Å². The highest BCUT2D eigenvalue weighted by atomic mass is 16.5. The van der Waals surface area contributed by atoms with Gasteiger partial charge in [0.05, 0.1) is 6.61 Å². The van der Waals surface area contributed by atoms with E-state index < -0.39 is 0 Å². The molecule has 1 heterocycles. The molecule has 1 aromatic rings. The monoisotopic (exact) mass is 278 g/mol. The van der Waals surface area contributed by atoms with Crippen LogP contribution < -0.4 is 14.8 Å². The number of ether oxygens (including phenoxy) is 2. The minimum Gasteiger partial charge on any atom is -0.494 e. The molecule has 0 bridgehead atoms. The van der Waals surface area contributed by atoms with Gasteiger partial charge in [0.25, 0.3) is 0 Å². The lowest BCUT2D eigenvalue weighted by molar-refractivity contribution is 0.123. The summed E-state index contributed by atoms with van der Waals surface area (Å²) >= 11 is 0. The van der Waals surface area contributed by atoms with E-state index in [0.29, 0.717) is 18.7 Å². The van der Waals surface area contributed by atoms with Gasteiger partial charge in [-0.1, -0.05) is 0 Å². The molecule has 2 atom stereocenters. The van der Waals surface area contributed by atoms with Gasteiger partial charge in [0.15, 0.2) is 0 Å². The Morgan fingerprint density at radius 3 is 2.45 bits per heavy atom. The molecule has 4 heteroatoms. The molecular formula is C16H26N2O2. The van der Waals surface area contributed by atoms with Crippen LogP contribution in [0.15, 0.2) is 24.3 Å². The van der Waals surface area contributed by atoms with Gasteiger partial charge in [0.1, 0.15) is 18.1 Å². The van der Waals surface area contributed by atoms with Crippen molar-refractivity contribution in [2.45, 2.75) is 32.9 Å². The fourth-order valence-electron chi connectivity index (χ4n) is 2.49. The second kappa shape index (κ2) is 7.50. The van der Waals surface area contributed by atoms with Crippen LogP contribution in [-0.2, 0) is 0 Å². The number of nitrogens with one attached hydrogen (secondary N) is 1. The molecule has 2 unspecified atom stereocenters. The van der Waals surface area contributed by atoms with E-state index >= 15 is 0 Å². The van der Waals surface area contributed by atoms with Crippen LogP contribution in [-0.4, -0.2) is 49.8 Å². The third-order valence-electron chi connectivity index (χ3n) is 3.68. The molecule has 1 aliphatic heterocycles. The van der Waals surface area contributed by atoms with Gasteiger partial charge in [-0.25, -0.2) is 0 Å². The van der Waals surface area contributed by atoms with E-state index in [4.69, 9.17) is 9.47 Å². The zero-order valence-electron chi connectivity index (χ0n) is 12.8. The standard InChI is InChI=1S/C16H26N2O2/c1-4-19-15-5-7-16(8-6-15)20-10-9-18-12-13(2)17-11-14(18)3/h5-8,13-14,17H,4,9-12H2,1-3H3. The Morgan fingerprint density at radius 2 is 1.80 bits per heavy atom. The number of rotatable bonds is 6. The number of benzene rings is 1. The molecule has 0 radical (unpaired) electrons. The summed E-state index contributed by atoms with van der Waals surface area (Å²) in [5, 5.41) is 3.49. The smallest absolute Gasteiger partial charge is 0.119 e. The van der Waals surface area contributed by atoms with Gasteiger partial charge >= 0.3 is 0 Å². The number of nitrogens with zero attached hydrogens (tertiary/aromatic N) is 1. The maximum Gasteiger partial charge on any atom is 0.119 e. The highest BCUT2D eigenvalue weighted by molar-refractivity contribution is 5.31. The minimum atomic E-state index is 0.566. The van der Waals surface area contributed by atoms with E-state index in [0.717, 1.165) is 37.7 Å². The van der Waals surface area contributed by atoms with Crippen molar-refractivity contribution in [3.8, 4) is 11.5 Å². The normalized spacial score (nSPS) is 23.6. The summed E-state index contributed by atoms with van der Waals surface area (Å²) < 4.78 is 11.2. The SMILES string of the molecule is CCOc1ccc(OCCN2CC(C)NCC2C)cc1. The summed E-state index contributed by atoms with van der Waals surface area (Å²) in [5.41, 5.74) is 0. The highest BCUT2D eigenvalue weighted by Gasteiger charge is 2.21. The minimum absolute atomic E-state index is 0.566. The molecule has 0 spiro atoms. The quantitative estimate of drug-likeness (QED) is 0.864. The maximum absolute atomic E-state index is 5.81. The summed E-state index contributed by atoms with van der Waals surface area (Å²) in [6.45, 7) is 11.0. The lowest BCUT2D eigenvalue weighted by Crippen LogP contribution is -2.55. The molecule has 2 rings (SSSR count). The molecule has 112 valence electrons. The van der Waals surface area contributed by atoms with Crippen molar-refractivity contribution >= 4 is 0 Å². The third kappa shape index (κ3) is 4.39. The van der Waals surface area contributed by atoms with Crippen LogP contribution in [0.25, 0.3) is 0 Å². The summed E-state index contributed by atoms with van der Waals surface area (Å²) in [4.78, 5) is 2.48. The van der Waals surface area contributed by atoms with Crippen LogP contribution in [0, 0.1) is 0 Å². The molecule has 0 aromatic heterocycles. The number of hydrogen-bond acceptors (Lipinski definition) is 4. The Balaban J connectivity index is 1.74. The lowest BCUT2D eigenvalue weighted by atomic mass is 10.1. The second-order valence-electron chi connectivity index (χ2n) is 5.41. The van der Waals surface area contributed by atoms with Gasteiger partial charge < -0.3 is 14.8 Å². The Kier molecular flexibility index (Phi) is 5.68. The first-order valence-electron chi connectivity index (χ1n) is 7.52. The number of piperazine rings is 1. The summed E-state index contributed by atoms with van der Waals surface area (Å²) in [6.07, 6.45) is 0. The highest BCUT2D eigenvalue weighted by Crippen LogP contribution is 2.17. The Bertz CT molecular complexity index is 394. The summed E-state index contributed by atoms with van der Waals surface area (Å²) in [7, 11) is 0. The van der Waals surface area contributed by atoms with Gasteiger partial charge in [-0.15, -0.1) is 0 Å². The van der Waals surface area contributed by atoms with Crippen molar-refractivity contribution in [2.75, 3.05) is 32.8 Å². The first kappa shape index (κ1) is 15.1. The second-order valence-corrected chi connectivity index (χ2v) is 5.41. The van der Waals surface area contributed by atoms with E-state index in [-0.39, 0.29) is 0 Å². The molecule has 20 heavy (non-hydrogen) atoms. The molecule has 1 aromatic carbocycles. The van der Waals surface area contributed by atoms with Crippen LogP contribution in [0.4, 0.5) is 0 Å². The zero-order chi connectivity index (χ0) is 14.4. The third-order valence-corrected chi connectivity index (χ3v) is 3.68. The molecule has 4 nitrogen and oxygen atoms in total. The largest absolute Gasteiger partial charge is 0.494 e. The average molecular weight is 278 g/mol. The molecule has 1 aliphatic rings. The maximum atomic E-state index is 5.81. The van der Waals surface area contributed by atoms with Crippen molar-refractivity contribution in [3.63, 3.8) is 0 Å². The van der Waals surface area contributed by atoms with Gasteiger partial charge in [-0.2, -0.15) is 0 Å². The Labute approximate surface area is 122 Å². The fourth-order valence-corrected chi connectivity index (χ4v) is 2.49. The fraction of sp³-hybridized carbons (Fsp3) is 0.625. The van der Waals surface area contributed by atoms with Crippen LogP contribution in [0.1, 0.15) is 20.8 Å². The topological polar surface area (TPSA) is 33.7 Å². The lowest BCUT2D eigenvalue weighted by Gasteiger charge is -2.37. The molecule has 0 amide bonds. The van der Waals surface area contributed by atoms with E-state index in [1.165, 1.54) is 0 Å². The predicted molar refractivity (Wildman–Crippen MR) is 81.6 cm³/mol. The van der Waals surface area contributed by atoms with Gasteiger partial charge in [-0.3, -0.25) is 4.90 Å². The molecular weight excluding hydrogens is 252 g/mol. The van der Waals surface area contributed by atoms with Crippen LogP contribution >= 0.6 is 0 Å². The molecule has 0 aliphatic carbocycles. The average Bonchev–Trinajstić information content (AvgIpc) is 2.45. The van der Waals surface area contributed by atoms with Crippen molar-refractivity contribution in [3.05, 3.63) is 24.3 Å². The first-order chi connectivity index (χ1) is 9.69. The van der Waals surface area contributed by atoms with Gasteiger partial charge in [0, 0.05) is 31.7 Å². The number of hydrogen-bond donors (Lipinski definition) is 1. The summed E-state index contributed by atoms with van der Waals surface area (Å²) in [6, 6.07) is 8.98. The van der Waals surface area contributed by atoms with E-state index in [2.05, 4.69) is 24.1 Å². The van der Waals surface area contributed by atoms with E-state index in [9.17, 15) is 0 Å². The molecule has 1 saturated heterocycles. The van der Waals surface area contributed by atoms with Crippen LogP contribution in [0.3, 0.4) is 0 Å². The first-order valence-corrected chi connectivity index (χ1v) is 7.52. The predicted octanol–water partition coefficient (Wildman–Crippen LogP) is 2.15. The van der Waals surface area contributed by atoms with Crippen molar-refractivity contribution in [2.24, 2.45) is 0 Å². The molecule has 1 N–H and O–H groups in total. The van der Waals surface area contributed by atoms with Gasteiger partial charge in [0.2, 0.25) is 0 Å². The molecule has 1 fully saturated rings. The van der Waals surface area contributed by atoms with E-state index in [1.807, 2.05) is 31.2 Å².